The number of carbonyl (C=O) groups is 1. The summed E-state index contributed by atoms with van der Waals surface area (Å²) in [6, 6.07) is 0. The summed E-state index contributed by atoms with van der Waals surface area (Å²) >= 11 is 0. The van der Waals surface area contributed by atoms with Gasteiger partial charge in [-0.3, -0.25) is 10.5 Å². The molecule has 0 bridgehead atoms. The Morgan fingerprint density at radius 1 is 0.769 bits per heavy atom. The van der Waals surface area contributed by atoms with Crippen LogP contribution in [0.4, 0.5) is 0 Å². The van der Waals surface area contributed by atoms with Crippen LogP contribution in [-0.2, 0) is 9.53 Å². The maximum atomic E-state index is 11.4. The Balaban J connectivity index is 3.25. The molecule has 1 atom stereocenters. The second-order valence-corrected chi connectivity index (χ2v) is 7.30. The van der Waals surface area contributed by atoms with Crippen molar-refractivity contribution in [3.05, 3.63) is 0 Å². The number of hydrogen-bond donors (Lipinski definition) is 4. The maximum absolute atomic E-state index is 11.4. The van der Waals surface area contributed by atoms with Crippen LogP contribution in [-0.4, -0.2) is 33.5 Å². The molecule has 0 amide bonds. The lowest BCUT2D eigenvalue weighted by Gasteiger charge is -2.21. The van der Waals surface area contributed by atoms with Crippen molar-refractivity contribution in [2.45, 2.75) is 122 Å². The number of unbranched alkanes of at least 4 members (excludes halogenated alkanes) is 14. The van der Waals surface area contributed by atoms with Crippen LogP contribution in [0.2, 0.25) is 0 Å². The standard InChI is InChI=1S/C20H41NO5/c1-2-3-4-5-6-7-8-9-10-11-12-13-14-15-16-17-18(22)26-19(21)20(23,24)25/h19,23-25H,2-17,21H2,1H3. The molecule has 0 heterocycles. The Hall–Kier alpha value is -0.690. The molecule has 0 saturated heterocycles. The first-order valence-electron chi connectivity index (χ1n) is 10.5. The maximum Gasteiger partial charge on any atom is 0.329 e. The van der Waals surface area contributed by atoms with E-state index >= 15 is 0 Å². The third-order valence-electron chi connectivity index (χ3n) is 4.62. The van der Waals surface area contributed by atoms with Crippen molar-refractivity contribution in [2.75, 3.05) is 0 Å². The minimum absolute atomic E-state index is 0.169. The molecule has 0 aliphatic heterocycles. The topological polar surface area (TPSA) is 113 Å². The molecule has 156 valence electrons. The fourth-order valence-electron chi connectivity index (χ4n) is 2.92. The van der Waals surface area contributed by atoms with E-state index in [1.54, 1.807) is 0 Å². The van der Waals surface area contributed by atoms with E-state index in [0.29, 0.717) is 6.42 Å². The minimum atomic E-state index is -3.19. The summed E-state index contributed by atoms with van der Waals surface area (Å²) in [6.45, 7) is 2.25. The second kappa shape index (κ2) is 16.5. The van der Waals surface area contributed by atoms with E-state index in [4.69, 9.17) is 21.1 Å². The van der Waals surface area contributed by atoms with Gasteiger partial charge in [0.2, 0.25) is 6.23 Å². The van der Waals surface area contributed by atoms with Crippen LogP contribution >= 0.6 is 0 Å². The van der Waals surface area contributed by atoms with Crippen LogP contribution in [0, 0.1) is 0 Å². The van der Waals surface area contributed by atoms with E-state index in [0.717, 1.165) is 12.8 Å². The molecule has 0 radical (unpaired) electrons. The lowest BCUT2D eigenvalue weighted by molar-refractivity contribution is -0.354. The van der Waals surface area contributed by atoms with Crippen molar-refractivity contribution in [3.8, 4) is 0 Å². The highest BCUT2D eigenvalue weighted by molar-refractivity contribution is 5.69. The molecule has 0 aromatic rings. The first-order chi connectivity index (χ1) is 12.4. The Bertz CT molecular complexity index is 331. The van der Waals surface area contributed by atoms with Gasteiger partial charge in [-0.15, -0.1) is 0 Å². The molecule has 0 aliphatic carbocycles. The van der Waals surface area contributed by atoms with Gasteiger partial charge in [0.05, 0.1) is 0 Å². The van der Waals surface area contributed by atoms with Gasteiger partial charge in [-0.25, -0.2) is 0 Å². The predicted octanol–water partition coefficient (Wildman–Crippen LogP) is 3.71. The van der Waals surface area contributed by atoms with E-state index in [9.17, 15) is 4.79 Å². The molecule has 6 heteroatoms. The van der Waals surface area contributed by atoms with Crippen LogP contribution < -0.4 is 5.73 Å². The van der Waals surface area contributed by atoms with E-state index in [1.807, 2.05) is 0 Å². The Morgan fingerprint density at radius 3 is 1.46 bits per heavy atom. The minimum Gasteiger partial charge on any atom is -0.438 e. The van der Waals surface area contributed by atoms with Crippen molar-refractivity contribution in [3.63, 3.8) is 0 Å². The van der Waals surface area contributed by atoms with Crippen molar-refractivity contribution in [2.24, 2.45) is 5.73 Å². The lowest BCUT2D eigenvalue weighted by Crippen LogP contribution is -2.50. The molecule has 0 saturated carbocycles. The van der Waals surface area contributed by atoms with Gasteiger partial charge >= 0.3 is 11.9 Å². The van der Waals surface area contributed by atoms with Crippen LogP contribution in [0.25, 0.3) is 0 Å². The Kier molecular flexibility index (Phi) is 16.0. The summed E-state index contributed by atoms with van der Waals surface area (Å²) < 4.78 is 4.52. The Labute approximate surface area is 159 Å². The smallest absolute Gasteiger partial charge is 0.329 e. The molecule has 26 heavy (non-hydrogen) atoms. The number of aliphatic hydroxyl groups is 3. The average Bonchev–Trinajstić information content (AvgIpc) is 2.57. The molecule has 5 N–H and O–H groups in total. The van der Waals surface area contributed by atoms with E-state index in [2.05, 4.69) is 11.7 Å². The first-order valence-corrected chi connectivity index (χ1v) is 10.5. The van der Waals surface area contributed by atoms with Crippen LogP contribution in [0.15, 0.2) is 0 Å². The van der Waals surface area contributed by atoms with Crippen molar-refractivity contribution in [1.29, 1.82) is 0 Å². The molecule has 0 fully saturated rings. The van der Waals surface area contributed by atoms with Gasteiger partial charge in [-0.1, -0.05) is 96.8 Å². The summed E-state index contributed by atoms with van der Waals surface area (Å²) in [4.78, 5) is 11.4. The van der Waals surface area contributed by atoms with Gasteiger partial charge in [-0.2, -0.15) is 0 Å². The fraction of sp³-hybridized carbons (Fsp3) is 0.950. The largest absolute Gasteiger partial charge is 0.438 e. The zero-order valence-corrected chi connectivity index (χ0v) is 16.6. The van der Waals surface area contributed by atoms with E-state index in [-0.39, 0.29) is 6.42 Å². The van der Waals surface area contributed by atoms with Gasteiger partial charge in [0.1, 0.15) is 0 Å². The van der Waals surface area contributed by atoms with Gasteiger partial charge in [0.15, 0.2) is 0 Å². The quantitative estimate of drug-likeness (QED) is 0.165. The van der Waals surface area contributed by atoms with Crippen molar-refractivity contribution in [1.82, 2.24) is 0 Å². The van der Waals surface area contributed by atoms with Crippen LogP contribution in [0.3, 0.4) is 0 Å². The van der Waals surface area contributed by atoms with Gasteiger partial charge < -0.3 is 20.1 Å². The average molecular weight is 376 g/mol. The van der Waals surface area contributed by atoms with Crippen molar-refractivity contribution >= 4 is 5.97 Å². The zero-order chi connectivity index (χ0) is 19.7. The molecule has 6 nitrogen and oxygen atoms in total. The monoisotopic (exact) mass is 375 g/mol. The SMILES string of the molecule is CCCCCCCCCCCCCCCCCC(=O)OC(N)C(O)(O)O. The molecule has 0 spiro atoms. The van der Waals surface area contributed by atoms with Crippen molar-refractivity contribution < 1.29 is 24.9 Å². The summed E-state index contributed by atoms with van der Waals surface area (Å²) in [5.74, 6) is -3.82. The second-order valence-electron chi connectivity index (χ2n) is 7.30. The highest BCUT2D eigenvalue weighted by atomic mass is 16.7. The number of carbonyl (C=O) groups excluding carboxylic acids is 1. The number of hydrogen-bond acceptors (Lipinski definition) is 6. The van der Waals surface area contributed by atoms with Gasteiger partial charge in [-0.05, 0) is 6.42 Å². The van der Waals surface area contributed by atoms with Gasteiger partial charge in [0, 0.05) is 6.42 Å². The normalized spacial score (nSPS) is 13.0. The molecular weight excluding hydrogens is 334 g/mol. The third kappa shape index (κ3) is 16.8. The number of ether oxygens (including phenoxy) is 1. The van der Waals surface area contributed by atoms with E-state index in [1.165, 1.54) is 77.0 Å². The zero-order valence-electron chi connectivity index (χ0n) is 16.6. The number of nitrogens with two attached hydrogens (primary N) is 1. The highest BCUT2D eigenvalue weighted by Crippen LogP contribution is 2.14. The summed E-state index contributed by atoms with van der Waals surface area (Å²) in [5.41, 5.74) is 5.11. The summed E-state index contributed by atoms with van der Waals surface area (Å²) in [5, 5.41) is 26.2. The molecular formula is C20H41NO5. The molecule has 1 unspecified atom stereocenters. The molecule has 0 rings (SSSR count). The first kappa shape index (κ1) is 25.3. The molecule has 0 aromatic carbocycles. The van der Waals surface area contributed by atoms with E-state index < -0.39 is 18.2 Å². The highest BCUT2D eigenvalue weighted by Gasteiger charge is 2.32. The number of rotatable bonds is 18. The van der Waals surface area contributed by atoms with Gasteiger partial charge in [0.25, 0.3) is 0 Å². The number of esters is 1. The third-order valence-corrected chi connectivity index (χ3v) is 4.62. The summed E-state index contributed by atoms with van der Waals surface area (Å²) in [6.07, 6.45) is 17.0. The molecule has 0 aliphatic rings. The predicted molar refractivity (Wildman–Crippen MR) is 103 cm³/mol. The lowest BCUT2D eigenvalue weighted by atomic mass is 10.0. The Morgan fingerprint density at radius 2 is 1.12 bits per heavy atom. The fourth-order valence-corrected chi connectivity index (χ4v) is 2.92. The van der Waals surface area contributed by atoms with Crippen LogP contribution in [0.1, 0.15) is 110 Å². The summed E-state index contributed by atoms with van der Waals surface area (Å²) in [7, 11) is 0. The van der Waals surface area contributed by atoms with Crippen LogP contribution in [0.5, 0.6) is 0 Å². The molecule has 0 aromatic heterocycles.